The van der Waals surface area contributed by atoms with Crippen LogP contribution in [0, 0.1) is 0 Å². The molecule has 0 aliphatic rings. The lowest BCUT2D eigenvalue weighted by molar-refractivity contribution is 0.261. The lowest BCUT2D eigenvalue weighted by Gasteiger charge is -1.92. The average Bonchev–Trinajstić information content (AvgIpc) is 1.61. The molecule has 0 bridgehead atoms. The smallest absolute Gasteiger partial charge is 0.300 e. The lowest BCUT2D eigenvalue weighted by Crippen LogP contribution is -2.37. The molecule has 6 heavy (non-hydrogen) atoms. The van der Waals surface area contributed by atoms with Crippen LogP contribution < -0.4 is 16.6 Å². The Kier molecular flexibility index (Phi) is 6.23. The molecular weight excluding hydrogens is 196 g/mol. The number of rotatable bonds is 3. The first-order valence-electron chi connectivity index (χ1n) is 1.37. The van der Waals surface area contributed by atoms with Crippen molar-refractivity contribution in [1.82, 2.24) is 10.9 Å². The number of nitrogens with two attached hydrogens (primary N) is 1. The summed E-state index contributed by atoms with van der Waals surface area (Å²) in [4.78, 5) is 0. The number of hydrogen-bond acceptors (Lipinski definition) is 4. The standard InChI is InChI=1S/BH5IN3O/c2-6-5-4-1-3/h1,4-5H,3H2. The molecule has 0 amide bonds. The lowest BCUT2D eigenvalue weighted by atomic mass is 10.3. The summed E-state index contributed by atoms with van der Waals surface area (Å²) in [5, 5.41) is 2.50. The average molecular weight is 201 g/mol. The second-order valence-electron chi connectivity index (χ2n) is 0.560. The highest BCUT2D eigenvalue weighted by Crippen LogP contribution is 1.70. The van der Waals surface area contributed by atoms with Gasteiger partial charge in [-0.3, -0.25) is 5.34 Å². The molecule has 0 aromatic carbocycles. The van der Waals surface area contributed by atoms with Crippen LogP contribution in [0.25, 0.3) is 0 Å². The maximum Gasteiger partial charge on any atom is 0.300 e. The molecule has 4 N–H and O–H groups in total. The van der Waals surface area contributed by atoms with Gasteiger partial charge in [0.1, 0.15) is 23.0 Å². The van der Waals surface area contributed by atoms with Crippen molar-refractivity contribution in [2.75, 3.05) is 0 Å². The van der Waals surface area contributed by atoms with Crippen molar-refractivity contribution in [3.8, 4) is 0 Å². The van der Waals surface area contributed by atoms with Gasteiger partial charge in [-0.15, -0.1) is 5.59 Å². The third kappa shape index (κ3) is 4.63. The first-order chi connectivity index (χ1) is 2.91. The van der Waals surface area contributed by atoms with E-state index in [0.717, 1.165) is 0 Å². The van der Waals surface area contributed by atoms with Gasteiger partial charge in [-0.2, -0.15) is 0 Å². The van der Waals surface area contributed by atoms with Crippen LogP contribution >= 0.6 is 23.0 Å². The second-order valence-corrected chi connectivity index (χ2v) is 1.00. The molecule has 0 rings (SSSR count). The van der Waals surface area contributed by atoms with Crippen LogP contribution in [0.3, 0.4) is 0 Å². The van der Waals surface area contributed by atoms with Crippen LogP contribution in [-0.4, -0.2) is 7.55 Å². The van der Waals surface area contributed by atoms with E-state index < -0.39 is 0 Å². The highest BCUT2D eigenvalue weighted by atomic mass is 127. The van der Waals surface area contributed by atoms with Gasteiger partial charge in [-0.1, -0.05) is 0 Å². The molecule has 0 atom stereocenters. The molecule has 6 heteroatoms. The van der Waals surface area contributed by atoms with E-state index in [4.69, 9.17) is 5.64 Å². The summed E-state index contributed by atoms with van der Waals surface area (Å²) >= 11 is 1.68. The van der Waals surface area contributed by atoms with E-state index in [1.807, 2.05) is 0 Å². The fourth-order valence-electron chi connectivity index (χ4n) is 0.0689. The third-order valence-corrected chi connectivity index (χ3v) is 0.433. The molecule has 0 radical (unpaired) electrons. The maximum absolute atomic E-state index is 4.96. The van der Waals surface area contributed by atoms with Crippen LogP contribution in [0.4, 0.5) is 0 Å². The largest absolute Gasteiger partial charge is 0.358 e. The van der Waals surface area contributed by atoms with Gasteiger partial charge in [0.25, 0.3) is 7.55 Å². The van der Waals surface area contributed by atoms with E-state index >= 15 is 0 Å². The van der Waals surface area contributed by atoms with Gasteiger partial charge in [0, 0.05) is 0 Å². The molecule has 4 nitrogen and oxygen atoms in total. The molecule has 0 aromatic rings. The minimum absolute atomic E-state index is 0.364. The molecule has 0 saturated heterocycles. The normalized spacial score (nSPS) is 8.33. The van der Waals surface area contributed by atoms with Crippen molar-refractivity contribution in [2.24, 2.45) is 5.64 Å². The van der Waals surface area contributed by atoms with Crippen molar-refractivity contribution in [3.05, 3.63) is 0 Å². The van der Waals surface area contributed by atoms with E-state index in [2.05, 4.69) is 14.1 Å². The zero-order valence-corrected chi connectivity index (χ0v) is 5.23. The minimum Gasteiger partial charge on any atom is -0.358 e. The van der Waals surface area contributed by atoms with Gasteiger partial charge < -0.3 is 5.64 Å². The predicted octanol–water partition coefficient (Wildman–Crippen LogP) is -1.41. The maximum atomic E-state index is 4.96. The topological polar surface area (TPSA) is 59.3 Å². The molecule has 0 fully saturated rings. The van der Waals surface area contributed by atoms with E-state index in [-0.39, 0.29) is 0 Å². The van der Waals surface area contributed by atoms with Crippen molar-refractivity contribution in [3.63, 3.8) is 0 Å². The zero-order chi connectivity index (χ0) is 4.83. The number of nitrogens with one attached hydrogen (secondary N) is 2. The summed E-state index contributed by atoms with van der Waals surface area (Å²) in [6, 6.07) is 0. The van der Waals surface area contributed by atoms with Gasteiger partial charge in [-0.25, -0.2) is 3.17 Å². The Hall–Kier alpha value is 0.635. The molecule has 0 spiro atoms. The molecule has 0 unspecified atom stereocenters. The number of halogens is 1. The van der Waals surface area contributed by atoms with Crippen molar-refractivity contribution in [2.45, 2.75) is 0 Å². The number of hydrazine groups is 1. The van der Waals surface area contributed by atoms with Crippen LogP contribution in [0.5, 0.6) is 0 Å². The summed E-state index contributed by atoms with van der Waals surface area (Å²) in [5.74, 6) is 0. The Bertz CT molecular complexity index is 22.8. The van der Waals surface area contributed by atoms with E-state index in [9.17, 15) is 0 Å². The predicted molar refractivity (Wildman–Crippen MR) is 32.7 cm³/mol. The summed E-state index contributed by atoms with van der Waals surface area (Å²) in [6.45, 7) is 0. The Balaban J connectivity index is 2.34. The van der Waals surface area contributed by atoms with Crippen molar-refractivity contribution >= 4 is 30.6 Å². The van der Waals surface area contributed by atoms with E-state index in [0.29, 0.717) is 7.55 Å². The number of hydrogen-bond donors (Lipinski definition) is 3. The Morgan fingerprint density at radius 3 is 2.67 bits per heavy atom. The summed E-state index contributed by atoms with van der Waals surface area (Å²) in [5.41, 5.74) is 7.27. The SMILES string of the molecule is NBNNOI. The molecule has 0 aromatic heterocycles. The minimum atomic E-state index is 0.364. The highest BCUT2D eigenvalue weighted by Gasteiger charge is 1.72. The van der Waals surface area contributed by atoms with Gasteiger partial charge in [-0.05, 0) is 0 Å². The summed E-state index contributed by atoms with van der Waals surface area (Å²) in [7, 11) is 0.364. The van der Waals surface area contributed by atoms with Crippen LogP contribution in [0.1, 0.15) is 0 Å². The molecule has 36 valence electrons. The van der Waals surface area contributed by atoms with Crippen LogP contribution in [-0.2, 0) is 3.17 Å². The van der Waals surface area contributed by atoms with E-state index in [1.165, 1.54) is 0 Å². The van der Waals surface area contributed by atoms with Gasteiger partial charge in [0.05, 0.1) is 0 Å². The van der Waals surface area contributed by atoms with Crippen LogP contribution in [0.15, 0.2) is 0 Å². The van der Waals surface area contributed by atoms with Gasteiger partial charge in [0.2, 0.25) is 0 Å². The molecule has 0 saturated carbocycles. The Morgan fingerprint density at radius 1 is 1.83 bits per heavy atom. The summed E-state index contributed by atoms with van der Waals surface area (Å²) < 4.78 is 4.31. The first-order valence-corrected chi connectivity index (χ1v) is 2.25. The van der Waals surface area contributed by atoms with E-state index in [1.54, 1.807) is 23.0 Å². The zero-order valence-electron chi connectivity index (χ0n) is 3.07. The third-order valence-electron chi connectivity index (χ3n) is 0.213. The van der Waals surface area contributed by atoms with Crippen molar-refractivity contribution in [1.29, 1.82) is 0 Å². The highest BCUT2D eigenvalue weighted by molar-refractivity contribution is 14.1. The van der Waals surface area contributed by atoms with Gasteiger partial charge in [0.15, 0.2) is 0 Å². The quantitative estimate of drug-likeness (QED) is 0.227. The fraction of sp³-hybridized carbons (Fsp3) is 0. The fourth-order valence-corrected chi connectivity index (χ4v) is 0.225. The first kappa shape index (κ1) is 6.63. The monoisotopic (exact) mass is 201 g/mol. The van der Waals surface area contributed by atoms with Gasteiger partial charge >= 0.3 is 0 Å². The molecule has 0 aliphatic carbocycles. The second kappa shape index (κ2) is 5.63. The molecule has 0 heterocycles. The Morgan fingerprint density at radius 2 is 2.50 bits per heavy atom. The summed E-state index contributed by atoms with van der Waals surface area (Å²) in [6.07, 6.45) is 0. The van der Waals surface area contributed by atoms with Crippen molar-refractivity contribution < 1.29 is 3.17 Å². The molecular formula is H5BIN3O. The molecule has 0 aliphatic heterocycles. The van der Waals surface area contributed by atoms with Crippen LogP contribution in [0.2, 0.25) is 0 Å². The Labute approximate surface area is 50.7 Å².